The van der Waals surface area contributed by atoms with Crippen LogP contribution in [-0.4, -0.2) is 29.8 Å². The van der Waals surface area contributed by atoms with E-state index in [-0.39, 0.29) is 0 Å². The van der Waals surface area contributed by atoms with Gasteiger partial charge in [0.05, 0.1) is 0 Å². The van der Waals surface area contributed by atoms with Crippen molar-refractivity contribution in [1.29, 1.82) is 0 Å². The number of hydrogen-bond donors (Lipinski definition) is 2. The van der Waals surface area contributed by atoms with Crippen molar-refractivity contribution in [2.45, 2.75) is 45.7 Å². The van der Waals surface area contributed by atoms with Crippen molar-refractivity contribution in [2.75, 3.05) is 0 Å². The van der Waals surface area contributed by atoms with E-state index in [9.17, 15) is 9.59 Å². The van der Waals surface area contributed by atoms with Gasteiger partial charge in [-0.1, -0.05) is 20.8 Å². The van der Waals surface area contributed by atoms with Crippen molar-refractivity contribution in [1.82, 2.24) is 0 Å². The second-order valence-electron chi connectivity index (χ2n) is 5.08. The van der Waals surface area contributed by atoms with Crippen LogP contribution in [0.4, 0.5) is 0 Å². The molecule has 1 saturated heterocycles. The quantitative estimate of drug-likeness (QED) is 0.667. The minimum atomic E-state index is -1.12. The van der Waals surface area contributed by atoms with Crippen LogP contribution in [0.25, 0.3) is 0 Å². The zero-order chi connectivity index (χ0) is 12.7. The number of ether oxygens (including phenoxy) is 2. The normalized spacial score (nSPS) is 29.0. The molecule has 0 aromatic carbocycles. The SMILES string of the molecule is CC(C)(C)C1(C)O[C@@H](C(N)=O)[C@H](C(N)=O)O1. The van der Waals surface area contributed by atoms with E-state index in [1.165, 1.54) is 0 Å². The third kappa shape index (κ3) is 2.03. The van der Waals surface area contributed by atoms with E-state index < -0.39 is 35.2 Å². The van der Waals surface area contributed by atoms with Crippen molar-refractivity contribution in [3.63, 3.8) is 0 Å². The summed E-state index contributed by atoms with van der Waals surface area (Å²) in [6.07, 6.45) is -2.25. The molecule has 0 aromatic rings. The number of amides is 2. The second kappa shape index (κ2) is 3.71. The maximum Gasteiger partial charge on any atom is 0.249 e. The average molecular weight is 230 g/mol. The Bertz CT molecular complexity index is 299. The van der Waals surface area contributed by atoms with Crippen molar-refractivity contribution < 1.29 is 19.1 Å². The van der Waals surface area contributed by atoms with Gasteiger partial charge in [0, 0.05) is 5.41 Å². The summed E-state index contributed by atoms with van der Waals surface area (Å²) in [5.74, 6) is -2.57. The third-order valence-electron chi connectivity index (χ3n) is 2.90. The standard InChI is InChI=1S/C10H18N2O4/c1-9(2,3)10(4)15-5(7(11)13)6(16-10)8(12)14/h5-6H,1-4H3,(H2,11,13)(H2,12,14)/t5-,6-/m1/s1. The van der Waals surface area contributed by atoms with Crippen LogP contribution in [0.5, 0.6) is 0 Å². The Kier molecular flexibility index (Phi) is 3.00. The van der Waals surface area contributed by atoms with Crippen molar-refractivity contribution in [3.05, 3.63) is 0 Å². The molecular formula is C10H18N2O4. The highest BCUT2D eigenvalue weighted by Crippen LogP contribution is 2.41. The molecular weight excluding hydrogens is 212 g/mol. The summed E-state index contributed by atoms with van der Waals surface area (Å²) in [6, 6.07) is 0. The Morgan fingerprint density at radius 3 is 1.56 bits per heavy atom. The van der Waals surface area contributed by atoms with E-state index in [1.807, 2.05) is 20.8 Å². The molecule has 1 fully saturated rings. The molecule has 6 heteroatoms. The van der Waals surface area contributed by atoms with Gasteiger partial charge in [0.1, 0.15) is 0 Å². The largest absolute Gasteiger partial charge is 0.367 e. The first-order valence-corrected chi connectivity index (χ1v) is 5.03. The first kappa shape index (κ1) is 12.9. The number of carbonyl (C=O) groups is 2. The van der Waals surface area contributed by atoms with Crippen LogP contribution in [0.3, 0.4) is 0 Å². The van der Waals surface area contributed by atoms with Crippen LogP contribution in [0.15, 0.2) is 0 Å². The van der Waals surface area contributed by atoms with E-state index in [0.29, 0.717) is 0 Å². The Morgan fingerprint density at radius 1 is 1.06 bits per heavy atom. The van der Waals surface area contributed by atoms with Crippen LogP contribution in [0.2, 0.25) is 0 Å². The molecule has 0 saturated carbocycles. The van der Waals surface area contributed by atoms with E-state index in [2.05, 4.69) is 0 Å². The van der Waals surface area contributed by atoms with Gasteiger partial charge in [0.25, 0.3) is 0 Å². The van der Waals surface area contributed by atoms with Crippen molar-refractivity contribution in [3.8, 4) is 0 Å². The third-order valence-corrected chi connectivity index (χ3v) is 2.90. The topological polar surface area (TPSA) is 105 Å². The fraction of sp³-hybridized carbons (Fsp3) is 0.800. The molecule has 4 N–H and O–H groups in total. The summed E-state index contributed by atoms with van der Waals surface area (Å²) in [4.78, 5) is 22.3. The minimum Gasteiger partial charge on any atom is -0.367 e. The number of primary amides is 2. The molecule has 0 spiro atoms. The zero-order valence-corrected chi connectivity index (χ0v) is 9.94. The van der Waals surface area contributed by atoms with Crippen molar-refractivity contribution in [2.24, 2.45) is 16.9 Å². The highest BCUT2D eigenvalue weighted by Gasteiger charge is 2.55. The van der Waals surface area contributed by atoms with Gasteiger partial charge in [-0.3, -0.25) is 9.59 Å². The van der Waals surface area contributed by atoms with Gasteiger partial charge in [0.2, 0.25) is 11.8 Å². The second-order valence-corrected chi connectivity index (χ2v) is 5.08. The fourth-order valence-corrected chi connectivity index (χ4v) is 1.40. The molecule has 1 aliphatic heterocycles. The van der Waals surface area contributed by atoms with Crippen LogP contribution in [0.1, 0.15) is 27.7 Å². The van der Waals surface area contributed by atoms with Gasteiger partial charge in [-0.05, 0) is 6.92 Å². The molecule has 1 rings (SSSR count). The number of hydrogen-bond acceptors (Lipinski definition) is 4. The molecule has 0 aromatic heterocycles. The number of carbonyl (C=O) groups excluding carboxylic acids is 2. The smallest absolute Gasteiger partial charge is 0.249 e. The summed E-state index contributed by atoms with van der Waals surface area (Å²) in [5, 5.41) is 0. The molecule has 0 aliphatic carbocycles. The maximum atomic E-state index is 11.1. The molecule has 92 valence electrons. The molecule has 6 nitrogen and oxygen atoms in total. The van der Waals surface area contributed by atoms with Crippen LogP contribution in [0, 0.1) is 5.41 Å². The predicted molar refractivity (Wildman–Crippen MR) is 56.0 cm³/mol. The van der Waals surface area contributed by atoms with Gasteiger partial charge >= 0.3 is 0 Å². The molecule has 2 atom stereocenters. The van der Waals surface area contributed by atoms with Gasteiger partial charge in [-0.2, -0.15) is 0 Å². The van der Waals surface area contributed by atoms with Gasteiger partial charge in [-0.15, -0.1) is 0 Å². The minimum absolute atomic E-state index is 0.412. The van der Waals surface area contributed by atoms with Gasteiger partial charge < -0.3 is 20.9 Å². The molecule has 1 aliphatic rings. The summed E-state index contributed by atoms with van der Waals surface area (Å²) in [6.45, 7) is 7.27. The van der Waals surface area contributed by atoms with Gasteiger partial charge in [0.15, 0.2) is 18.0 Å². The summed E-state index contributed by atoms with van der Waals surface area (Å²) in [5.41, 5.74) is 9.87. The van der Waals surface area contributed by atoms with Gasteiger partial charge in [-0.25, -0.2) is 0 Å². The van der Waals surface area contributed by atoms with Crippen molar-refractivity contribution >= 4 is 11.8 Å². The monoisotopic (exact) mass is 230 g/mol. The first-order valence-electron chi connectivity index (χ1n) is 5.03. The van der Waals surface area contributed by atoms with E-state index >= 15 is 0 Å². The lowest BCUT2D eigenvalue weighted by Gasteiger charge is -2.36. The Labute approximate surface area is 94.2 Å². The Hall–Kier alpha value is -1.14. The van der Waals surface area contributed by atoms with E-state index in [4.69, 9.17) is 20.9 Å². The fourth-order valence-electron chi connectivity index (χ4n) is 1.40. The Morgan fingerprint density at radius 2 is 1.38 bits per heavy atom. The zero-order valence-electron chi connectivity index (χ0n) is 9.94. The molecule has 2 amide bonds. The molecule has 0 radical (unpaired) electrons. The molecule has 16 heavy (non-hydrogen) atoms. The summed E-state index contributed by atoms with van der Waals surface area (Å²) < 4.78 is 10.9. The average Bonchev–Trinajstić information content (AvgIpc) is 2.43. The summed E-state index contributed by atoms with van der Waals surface area (Å²) in [7, 11) is 0. The number of rotatable bonds is 2. The maximum absolute atomic E-state index is 11.1. The number of nitrogens with two attached hydrogens (primary N) is 2. The first-order chi connectivity index (χ1) is 7.08. The molecule has 0 unspecified atom stereocenters. The predicted octanol–water partition coefficient (Wildman–Crippen LogP) is -0.497. The lowest BCUT2D eigenvalue weighted by atomic mass is 9.87. The van der Waals surface area contributed by atoms with Crippen LogP contribution >= 0.6 is 0 Å². The lowest BCUT2D eigenvalue weighted by molar-refractivity contribution is -0.222. The summed E-state index contributed by atoms with van der Waals surface area (Å²) >= 11 is 0. The molecule has 0 bridgehead atoms. The molecule has 1 heterocycles. The van der Waals surface area contributed by atoms with E-state index in [1.54, 1.807) is 6.92 Å². The van der Waals surface area contributed by atoms with Crippen LogP contribution < -0.4 is 11.5 Å². The lowest BCUT2D eigenvalue weighted by Crippen LogP contribution is -2.44. The highest BCUT2D eigenvalue weighted by atomic mass is 16.8. The highest BCUT2D eigenvalue weighted by molar-refractivity contribution is 5.90. The Balaban J connectivity index is 3.01. The van der Waals surface area contributed by atoms with E-state index in [0.717, 1.165) is 0 Å². The van der Waals surface area contributed by atoms with Crippen LogP contribution in [-0.2, 0) is 19.1 Å².